The highest BCUT2D eigenvalue weighted by atomic mass is 19.2. The van der Waals surface area contributed by atoms with Gasteiger partial charge < -0.3 is 15.2 Å². The van der Waals surface area contributed by atoms with Gasteiger partial charge in [0.25, 0.3) is 0 Å². The maximum Gasteiger partial charge on any atom is 0.418 e. The topological polar surface area (TPSA) is 95.0 Å². The number of nitrogens with one attached hydrogen (secondary N) is 1. The van der Waals surface area contributed by atoms with Crippen molar-refractivity contribution in [3.8, 4) is 0 Å². The number of nitrogens with zero attached hydrogens (tertiary/aromatic N) is 3. The molecule has 3 heterocycles. The van der Waals surface area contributed by atoms with Gasteiger partial charge >= 0.3 is 12.1 Å². The van der Waals surface area contributed by atoms with Crippen LogP contribution in [0.4, 0.5) is 18.4 Å². The Morgan fingerprint density at radius 3 is 2.66 bits per heavy atom. The maximum absolute atomic E-state index is 13.8. The second-order valence-electron chi connectivity index (χ2n) is 9.46. The first-order chi connectivity index (χ1) is 16.9. The molecule has 186 valence electrons. The summed E-state index contributed by atoms with van der Waals surface area (Å²) in [7, 11) is 0. The van der Waals surface area contributed by atoms with Gasteiger partial charge in [0.1, 0.15) is 18.2 Å². The average Bonchev–Trinajstić information content (AvgIpc) is 3.48. The van der Waals surface area contributed by atoms with E-state index >= 15 is 0 Å². The molecule has 10 heteroatoms. The summed E-state index contributed by atoms with van der Waals surface area (Å²) in [6.45, 7) is 0.676. The number of carbonyl (C=O) groups is 2. The molecule has 0 bridgehead atoms. The molecular formula is C25H28F2N4O4. The molecule has 2 aliphatic heterocycles. The number of imide groups is 1. The van der Waals surface area contributed by atoms with Gasteiger partial charge in [0.15, 0.2) is 11.6 Å². The van der Waals surface area contributed by atoms with Crippen molar-refractivity contribution in [1.82, 2.24) is 20.1 Å². The number of ether oxygens (including phenoxy) is 1. The highest BCUT2D eigenvalue weighted by Crippen LogP contribution is 2.39. The second-order valence-corrected chi connectivity index (χ2v) is 9.46. The van der Waals surface area contributed by atoms with Crippen molar-refractivity contribution in [2.75, 3.05) is 13.2 Å². The molecule has 2 atom stereocenters. The molecule has 1 aromatic carbocycles. The molecule has 1 aromatic heterocycles. The monoisotopic (exact) mass is 486 g/mol. The Morgan fingerprint density at radius 1 is 1.14 bits per heavy atom. The van der Waals surface area contributed by atoms with E-state index < -0.39 is 35.4 Å². The number of amides is 3. The lowest BCUT2D eigenvalue weighted by Crippen LogP contribution is -2.54. The Morgan fingerprint density at radius 2 is 1.94 bits per heavy atom. The normalized spacial score (nSPS) is 29.3. The minimum absolute atomic E-state index is 0.125. The maximum atomic E-state index is 13.8. The lowest BCUT2D eigenvalue weighted by molar-refractivity contribution is -0.0315. The third-order valence-electron chi connectivity index (χ3n) is 7.40. The molecule has 3 aliphatic rings. The van der Waals surface area contributed by atoms with Crippen LogP contribution in [0, 0.1) is 11.6 Å². The summed E-state index contributed by atoms with van der Waals surface area (Å²) in [6.07, 6.45) is 4.86. The van der Waals surface area contributed by atoms with E-state index in [0.717, 1.165) is 49.3 Å². The summed E-state index contributed by atoms with van der Waals surface area (Å²) in [5.74, 6) is -2.05. The summed E-state index contributed by atoms with van der Waals surface area (Å²) in [4.78, 5) is 33.0. The fourth-order valence-corrected chi connectivity index (χ4v) is 5.51. The van der Waals surface area contributed by atoms with Crippen LogP contribution in [0.3, 0.4) is 0 Å². The van der Waals surface area contributed by atoms with E-state index in [9.17, 15) is 23.5 Å². The van der Waals surface area contributed by atoms with Gasteiger partial charge in [-0.25, -0.2) is 23.3 Å². The van der Waals surface area contributed by atoms with E-state index in [1.807, 2.05) is 18.2 Å². The number of halogens is 2. The van der Waals surface area contributed by atoms with Crippen molar-refractivity contribution in [3.05, 3.63) is 65.5 Å². The number of carbonyl (C=O) groups excluding carboxylic acids is 2. The first-order valence-corrected chi connectivity index (χ1v) is 12.0. The minimum Gasteiger partial charge on any atom is -0.446 e. The van der Waals surface area contributed by atoms with Crippen LogP contribution in [-0.2, 0) is 10.3 Å². The highest BCUT2D eigenvalue weighted by Gasteiger charge is 2.43. The summed E-state index contributed by atoms with van der Waals surface area (Å²) in [5.41, 5.74) is 0.0162. The minimum atomic E-state index is -1.05. The summed E-state index contributed by atoms with van der Waals surface area (Å²) >= 11 is 0. The van der Waals surface area contributed by atoms with Crippen LogP contribution < -0.4 is 5.32 Å². The van der Waals surface area contributed by atoms with Gasteiger partial charge in [0.2, 0.25) is 0 Å². The Balaban J connectivity index is 1.24. The molecule has 2 N–H and O–H groups in total. The Kier molecular flexibility index (Phi) is 6.41. The molecule has 3 fully saturated rings. The van der Waals surface area contributed by atoms with Crippen LogP contribution in [0.5, 0.6) is 0 Å². The molecule has 1 saturated carbocycles. The van der Waals surface area contributed by atoms with Crippen LogP contribution in [0.1, 0.15) is 55.8 Å². The number of rotatable bonds is 4. The van der Waals surface area contributed by atoms with E-state index in [1.54, 1.807) is 6.20 Å². The van der Waals surface area contributed by atoms with Crippen LogP contribution in [0.2, 0.25) is 0 Å². The molecule has 2 saturated heterocycles. The lowest BCUT2D eigenvalue weighted by atomic mass is 9.79. The third kappa shape index (κ3) is 4.60. The largest absolute Gasteiger partial charge is 0.446 e. The van der Waals surface area contributed by atoms with Crippen LogP contribution >= 0.6 is 0 Å². The molecular weight excluding hydrogens is 458 g/mol. The number of hydrogen-bond donors (Lipinski definition) is 2. The van der Waals surface area contributed by atoms with Crippen molar-refractivity contribution in [3.63, 3.8) is 0 Å². The molecule has 8 nitrogen and oxygen atoms in total. The van der Waals surface area contributed by atoms with Crippen LogP contribution in [0.15, 0.2) is 42.6 Å². The predicted octanol–water partition coefficient (Wildman–Crippen LogP) is 3.82. The van der Waals surface area contributed by atoms with Gasteiger partial charge in [-0.15, -0.1) is 0 Å². The molecule has 1 unspecified atom stereocenters. The van der Waals surface area contributed by atoms with E-state index in [0.29, 0.717) is 18.5 Å². The van der Waals surface area contributed by atoms with Gasteiger partial charge in [0.05, 0.1) is 11.9 Å². The van der Waals surface area contributed by atoms with E-state index in [4.69, 9.17) is 4.74 Å². The summed E-state index contributed by atoms with van der Waals surface area (Å²) < 4.78 is 32.2. The van der Waals surface area contributed by atoms with Crippen LogP contribution in [-0.4, -0.2) is 57.4 Å². The number of urea groups is 1. The van der Waals surface area contributed by atoms with Gasteiger partial charge in [0, 0.05) is 18.8 Å². The summed E-state index contributed by atoms with van der Waals surface area (Å²) in [5, 5.41) is 14.0. The number of cyclic esters (lactones) is 1. The predicted molar refractivity (Wildman–Crippen MR) is 121 cm³/mol. The Labute approximate surface area is 201 Å². The van der Waals surface area contributed by atoms with Gasteiger partial charge in [-0.05, 0) is 68.4 Å². The van der Waals surface area contributed by atoms with Gasteiger partial charge in [-0.3, -0.25) is 9.88 Å². The first-order valence-electron chi connectivity index (χ1n) is 12.0. The molecule has 1 aliphatic carbocycles. The molecule has 3 amide bonds. The number of benzene rings is 1. The molecule has 5 rings (SSSR count). The van der Waals surface area contributed by atoms with E-state index in [2.05, 4.69) is 15.2 Å². The van der Waals surface area contributed by atoms with Crippen molar-refractivity contribution in [2.45, 2.75) is 62.4 Å². The Bertz CT molecular complexity index is 1090. The Hall–Kier alpha value is -3.11. The number of aromatic nitrogens is 1. The SMILES string of the molecule is O=C(NC1CCCN1C1CCC(O)(c2ccccn2)CC1)N1C(=O)OC[C@@H]1c1ccc(F)c(F)c1. The number of pyridine rings is 1. The first kappa shape index (κ1) is 23.6. The van der Waals surface area contributed by atoms with Crippen LogP contribution in [0.25, 0.3) is 0 Å². The summed E-state index contributed by atoms with van der Waals surface area (Å²) in [6, 6.07) is 7.55. The number of likely N-dealkylation sites (tertiary alicyclic amines) is 1. The molecule has 2 aromatic rings. The van der Waals surface area contributed by atoms with E-state index in [-0.39, 0.29) is 24.4 Å². The fraction of sp³-hybridized carbons (Fsp3) is 0.480. The lowest BCUT2D eigenvalue weighted by Gasteiger charge is -2.41. The molecule has 35 heavy (non-hydrogen) atoms. The van der Waals surface area contributed by atoms with E-state index in [1.165, 1.54) is 6.07 Å². The highest BCUT2D eigenvalue weighted by molar-refractivity contribution is 5.92. The fourth-order valence-electron chi connectivity index (χ4n) is 5.51. The quantitative estimate of drug-likeness (QED) is 0.683. The zero-order valence-corrected chi connectivity index (χ0v) is 19.2. The zero-order valence-electron chi connectivity index (χ0n) is 19.2. The third-order valence-corrected chi connectivity index (χ3v) is 7.40. The van der Waals surface area contributed by atoms with Crippen molar-refractivity contribution >= 4 is 12.1 Å². The van der Waals surface area contributed by atoms with Crippen molar-refractivity contribution in [1.29, 1.82) is 0 Å². The van der Waals surface area contributed by atoms with Crippen molar-refractivity contribution in [2.24, 2.45) is 0 Å². The standard InChI is InChI=1S/C25H28F2N4O4/c26-18-7-6-16(14-19(18)27)20-15-35-24(33)31(20)23(32)29-22-5-3-13-30(22)17-8-10-25(34,11-9-17)21-4-1-2-12-28-21/h1-2,4,6-7,12,14,17,20,22,34H,3,5,8-11,13,15H2,(H,29,32)/t17?,20-,22?,25?/m1/s1. The average molecular weight is 487 g/mol. The number of hydrogen-bond acceptors (Lipinski definition) is 6. The molecule has 0 radical (unpaired) electrons. The zero-order chi connectivity index (χ0) is 24.6. The second kappa shape index (κ2) is 9.50. The number of aliphatic hydroxyl groups is 1. The van der Waals surface area contributed by atoms with Gasteiger partial charge in [-0.2, -0.15) is 0 Å². The molecule has 0 spiro atoms. The van der Waals surface area contributed by atoms with Crippen molar-refractivity contribution < 1.29 is 28.2 Å². The van der Waals surface area contributed by atoms with Gasteiger partial charge in [-0.1, -0.05) is 12.1 Å². The smallest absolute Gasteiger partial charge is 0.418 e.